The Morgan fingerprint density at radius 2 is 1.76 bits per heavy atom. The van der Waals surface area contributed by atoms with E-state index in [0.29, 0.717) is 24.3 Å². The maximum atomic E-state index is 13.4. The van der Waals surface area contributed by atoms with Crippen LogP contribution in [-0.4, -0.2) is 36.7 Å². The maximum Gasteiger partial charge on any atom is 0.261 e. The smallest absolute Gasteiger partial charge is 0.261 e. The molecule has 7 nitrogen and oxygen atoms in total. The van der Waals surface area contributed by atoms with Crippen molar-refractivity contribution >= 4 is 32.5 Å². The van der Waals surface area contributed by atoms with Crippen molar-refractivity contribution < 1.29 is 17.6 Å². The van der Waals surface area contributed by atoms with Gasteiger partial charge < -0.3 is 10.3 Å². The Morgan fingerprint density at radius 1 is 1.10 bits per heavy atom. The first-order valence-corrected chi connectivity index (χ1v) is 10.4. The quantitative estimate of drug-likeness (QED) is 0.644. The fourth-order valence-electron chi connectivity index (χ4n) is 2.98. The summed E-state index contributed by atoms with van der Waals surface area (Å²) in [6, 6.07) is 9.38. The molecule has 2 N–H and O–H groups in total. The lowest BCUT2D eigenvalue weighted by molar-refractivity contribution is 0.102. The first-order chi connectivity index (χ1) is 13.8. The summed E-state index contributed by atoms with van der Waals surface area (Å²) >= 11 is 0. The first kappa shape index (κ1) is 20.7. The van der Waals surface area contributed by atoms with Crippen LogP contribution in [0.2, 0.25) is 0 Å². The molecule has 29 heavy (non-hydrogen) atoms. The highest BCUT2D eigenvalue weighted by atomic mass is 32.2. The molecule has 0 atom stereocenters. The number of nitrogens with one attached hydrogen (secondary N) is 2. The summed E-state index contributed by atoms with van der Waals surface area (Å²) in [7, 11) is -3.60. The van der Waals surface area contributed by atoms with Gasteiger partial charge in [0.2, 0.25) is 15.5 Å². The average Bonchev–Trinajstić information content (AvgIpc) is 2.69. The van der Waals surface area contributed by atoms with Crippen LogP contribution in [0.25, 0.3) is 10.9 Å². The Balaban J connectivity index is 1.86. The van der Waals surface area contributed by atoms with Crippen molar-refractivity contribution in [3.05, 3.63) is 70.3 Å². The number of benzene rings is 2. The summed E-state index contributed by atoms with van der Waals surface area (Å²) in [5.74, 6) is -1.26. The second-order valence-electron chi connectivity index (χ2n) is 6.29. The van der Waals surface area contributed by atoms with Crippen LogP contribution in [0.15, 0.2) is 58.4 Å². The summed E-state index contributed by atoms with van der Waals surface area (Å²) < 4.78 is 39.8. The molecule has 152 valence electrons. The molecule has 0 saturated heterocycles. The monoisotopic (exact) mass is 417 g/mol. The number of rotatable bonds is 6. The number of anilines is 1. The predicted molar refractivity (Wildman–Crippen MR) is 109 cm³/mol. The second kappa shape index (κ2) is 8.14. The molecule has 0 unspecified atom stereocenters. The maximum absolute atomic E-state index is 13.4. The van der Waals surface area contributed by atoms with Gasteiger partial charge in [-0.1, -0.05) is 13.8 Å². The zero-order valence-corrected chi connectivity index (χ0v) is 16.7. The Bertz CT molecular complexity index is 1220. The van der Waals surface area contributed by atoms with E-state index in [4.69, 9.17) is 0 Å². The Hall–Kier alpha value is -3.04. The van der Waals surface area contributed by atoms with Crippen LogP contribution in [0.5, 0.6) is 0 Å². The van der Waals surface area contributed by atoms with E-state index >= 15 is 0 Å². The van der Waals surface area contributed by atoms with Crippen molar-refractivity contribution in [1.82, 2.24) is 9.29 Å². The minimum absolute atomic E-state index is 0.0679. The summed E-state index contributed by atoms with van der Waals surface area (Å²) in [5, 5.41) is 2.62. The highest BCUT2D eigenvalue weighted by Crippen LogP contribution is 2.19. The molecule has 1 heterocycles. The molecule has 0 fully saturated rings. The van der Waals surface area contributed by atoms with Gasteiger partial charge in [0, 0.05) is 35.9 Å². The zero-order valence-electron chi connectivity index (χ0n) is 15.9. The van der Waals surface area contributed by atoms with Crippen LogP contribution < -0.4 is 10.7 Å². The molecule has 0 bridgehead atoms. The van der Waals surface area contributed by atoms with Gasteiger partial charge >= 0.3 is 0 Å². The average molecular weight is 417 g/mol. The zero-order chi connectivity index (χ0) is 21.2. The first-order valence-electron chi connectivity index (χ1n) is 9.00. The van der Waals surface area contributed by atoms with Crippen LogP contribution in [0.4, 0.5) is 10.1 Å². The summed E-state index contributed by atoms with van der Waals surface area (Å²) in [6.07, 6.45) is 1.26. The van der Waals surface area contributed by atoms with Crippen LogP contribution in [0.1, 0.15) is 24.2 Å². The van der Waals surface area contributed by atoms with Gasteiger partial charge in [-0.2, -0.15) is 4.31 Å². The van der Waals surface area contributed by atoms with Crippen molar-refractivity contribution in [2.75, 3.05) is 18.4 Å². The number of sulfonamides is 1. The lowest BCUT2D eigenvalue weighted by Crippen LogP contribution is -2.30. The number of carbonyl (C=O) groups is 1. The van der Waals surface area contributed by atoms with Crippen LogP contribution in [-0.2, 0) is 10.0 Å². The molecule has 0 radical (unpaired) electrons. The van der Waals surface area contributed by atoms with Crippen molar-refractivity contribution in [1.29, 1.82) is 0 Å². The summed E-state index contributed by atoms with van der Waals surface area (Å²) in [6.45, 7) is 4.20. The largest absolute Gasteiger partial charge is 0.360 e. The van der Waals surface area contributed by atoms with Gasteiger partial charge in [-0.15, -0.1) is 0 Å². The fraction of sp³-hybridized carbons (Fsp3) is 0.200. The molecule has 9 heteroatoms. The van der Waals surface area contributed by atoms with Crippen LogP contribution >= 0.6 is 0 Å². The molecular weight excluding hydrogens is 397 g/mol. The van der Waals surface area contributed by atoms with E-state index in [1.165, 1.54) is 46.9 Å². The number of aromatic amines is 1. The number of hydrogen-bond acceptors (Lipinski definition) is 4. The van der Waals surface area contributed by atoms with Gasteiger partial charge in [0.25, 0.3) is 5.91 Å². The van der Waals surface area contributed by atoms with Crippen molar-refractivity contribution in [2.45, 2.75) is 18.7 Å². The van der Waals surface area contributed by atoms with Crippen molar-refractivity contribution in [2.24, 2.45) is 0 Å². The van der Waals surface area contributed by atoms with Gasteiger partial charge in [0.05, 0.1) is 4.90 Å². The molecule has 0 aliphatic rings. The number of nitrogens with zero attached hydrogens (tertiary/aromatic N) is 1. The SMILES string of the molecule is CCN(CC)S(=O)(=O)c1ccc(NC(=O)c2c[nH]c3ccc(F)cc3c2=O)cc1. The molecule has 0 aliphatic heterocycles. The van der Waals surface area contributed by atoms with E-state index in [0.717, 1.165) is 6.07 Å². The number of H-pyrrole nitrogens is 1. The Morgan fingerprint density at radius 3 is 2.38 bits per heavy atom. The van der Waals surface area contributed by atoms with E-state index in [-0.39, 0.29) is 15.8 Å². The predicted octanol–water partition coefficient (Wildman–Crippen LogP) is 2.95. The lowest BCUT2D eigenvalue weighted by Gasteiger charge is -2.18. The molecule has 2 aromatic carbocycles. The fourth-order valence-corrected chi connectivity index (χ4v) is 4.44. The number of amides is 1. The molecule has 0 spiro atoms. The van der Waals surface area contributed by atoms with Gasteiger partial charge in [-0.3, -0.25) is 9.59 Å². The third kappa shape index (κ3) is 4.06. The topological polar surface area (TPSA) is 99.3 Å². The standard InChI is InChI=1S/C20H20FN3O4S/c1-3-24(4-2)29(27,28)15-8-6-14(7-9-15)23-20(26)17-12-22-18-10-5-13(21)11-16(18)19(17)25/h5-12H,3-4H2,1-2H3,(H,22,25)(H,23,26). The number of carbonyl (C=O) groups excluding carboxylic acids is 1. The minimum atomic E-state index is -3.60. The minimum Gasteiger partial charge on any atom is -0.360 e. The van der Waals surface area contributed by atoms with E-state index in [2.05, 4.69) is 10.3 Å². The lowest BCUT2D eigenvalue weighted by atomic mass is 10.1. The highest BCUT2D eigenvalue weighted by molar-refractivity contribution is 7.89. The third-order valence-electron chi connectivity index (χ3n) is 4.54. The molecular formula is C20H20FN3O4S. The van der Waals surface area contributed by atoms with E-state index in [1.54, 1.807) is 13.8 Å². The Kier molecular flexibility index (Phi) is 5.81. The Labute approximate surface area is 167 Å². The van der Waals surface area contributed by atoms with Gasteiger partial charge in [-0.25, -0.2) is 12.8 Å². The molecule has 1 aromatic heterocycles. The third-order valence-corrected chi connectivity index (χ3v) is 6.61. The van der Waals surface area contributed by atoms with E-state index in [9.17, 15) is 22.4 Å². The van der Waals surface area contributed by atoms with E-state index < -0.39 is 27.2 Å². The number of pyridine rings is 1. The number of fused-ring (bicyclic) bond motifs is 1. The number of halogens is 1. The molecule has 1 amide bonds. The molecule has 3 rings (SSSR count). The normalized spacial score (nSPS) is 11.7. The van der Waals surface area contributed by atoms with E-state index in [1.807, 2.05) is 0 Å². The molecule has 0 saturated carbocycles. The van der Waals surface area contributed by atoms with Gasteiger partial charge in [-0.05, 0) is 42.5 Å². The van der Waals surface area contributed by atoms with Crippen LogP contribution in [0.3, 0.4) is 0 Å². The molecule has 3 aromatic rings. The summed E-state index contributed by atoms with van der Waals surface area (Å²) in [5.41, 5.74) is -0.0365. The summed E-state index contributed by atoms with van der Waals surface area (Å²) in [4.78, 5) is 27.9. The van der Waals surface area contributed by atoms with Crippen LogP contribution in [0, 0.1) is 5.82 Å². The number of hydrogen-bond donors (Lipinski definition) is 2. The number of aromatic nitrogens is 1. The van der Waals surface area contributed by atoms with Crippen molar-refractivity contribution in [3.8, 4) is 0 Å². The van der Waals surface area contributed by atoms with Gasteiger partial charge in [0.15, 0.2) is 0 Å². The van der Waals surface area contributed by atoms with Crippen molar-refractivity contribution in [3.63, 3.8) is 0 Å². The van der Waals surface area contributed by atoms with Gasteiger partial charge in [0.1, 0.15) is 11.4 Å². The second-order valence-corrected chi connectivity index (χ2v) is 8.23. The molecule has 0 aliphatic carbocycles. The highest BCUT2D eigenvalue weighted by Gasteiger charge is 2.21.